The summed E-state index contributed by atoms with van der Waals surface area (Å²) in [6.07, 6.45) is 1.22. The molecule has 0 aliphatic rings. The van der Waals surface area contributed by atoms with Gasteiger partial charge in [0.2, 0.25) is 0 Å². The van der Waals surface area contributed by atoms with Gasteiger partial charge in [0.15, 0.2) is 0 Å². The Morgan fingerprint density at radius 2 is 1.73 bits per heavy atom. The summed E-state index contributed by atoms with van der Waals surface area (Å²) < 4.78 is 40.2. The number of halogens is 3. The highest BCUT2D eigenvalue weighted by Crippen LogP contribution is 2.24. The summed E-state index contributed by atoms with van der Waals surface area (Å²) in [5, 5.41) is 2.59. The third-order valence-electron chi connectivity index (χ3n) is 3.22. The Labute approximate surface area is 145 Å². The van der Waals surface area contributed by atoms with Gasteiger partial charge in [-0.2, -0.15) is 0 Å². The van der Waals surface area contributed by atoms with Gasteiger partial charge in [0.1, 0.15) is 12.1 Å². The van der Waals surface area contributed by atoms with Crippen molar-refractivity contribution in [2.75, 3.05) is 5.32 Å². The molecule has 1 aromatic carbocycles. The molecule has 0 bridgehead atoms. The van der Waals surface area contributed by atoms with Crippen LogP contribution < -0.4 is 10.1 Å². The number of nitrogens with zero attached hydrogens (tertiary/aromatic N) is 3. The Balaban J connectivity index is 1.72. The summed E-state index contributed by atoms with van der Waals surface area (Å²) in [7, 11) is 0. The highest BCUT2D eigenvalue weighted by molar-refractivity contribution is 6.04. The number of hydrogen-bond acceptors (Lipinski definition) is 5. The first-order chi connectivity index (χ1) is 12.4. The van der Waals surface area contributed by atoms with Crippen molar-refractivity contribution in [1.29, 1.82) is 0 Å². The molecule has 9 heteroatoms. The summed E-state index contributed by atoms with van der Waals surface area (Å²) in [5.74, 6) is -0.805. The van der Waals surface area contributed by atoms with E-state index in [2.05, 4.69) is 25.0 Å². The van der Waals surface area contributed by atoms with Crippen molar-refractivity contribution < 1.29 is 22.7 Å². The van der Waals surface area contributed by atoms with Crippen LogP contribution in [0.1, 0.15) is 10.4 Å². The molecule has 0 spiro atoms. The minimum absolute atomic E-state index is 0.325. The molecule has 0 unspecified atom stereocenters. The lowest BCUT2D eigenvalue weighted by Crippen LogP contribution is -2.17. The number of rotatable bonds is 4. The summed E-state index contributed by atoms with van der Waals surface area (Å²) in [6, 6.07) is 7.93. The van der Waals surface area contributed by atoms with Crippen LogP contribution >= 0.6 is 0 Å². The van der Waals surface area contributed by atoms with Crippen LogP contribution in [-0.2, 0) is 0 Å². The van der Waals surface area contributed by atoms with Gasteiger partial charge in [-0.25, -0.2) is 9.97 Å². The van der Waals surface area contributed by atoms with Gasteiger partial charge >= 0.3 is 6.36 Å². The van der Waals surface area contributed by atoms with E-state index in [1.165, 1.54) is 30.7 Å². The fourth-order valence-electron chi connectivity index (χ4n) is 2.10. The quantitative estimate of drug-likeness (QED) is 0.768. The van der Waals surface area contributed by atoms with Crippen molar-refractivity contribution in [1.82, 2.24) is 15.0 Å². The monoisotopic (exact) mass is 360 g/mol. The standard InChI is InChI=1S/C17H11F3N4O2/c18-17(19,20)26-14-3-1-13(2-4-14)24-16(25)11-5-6-23-15(7-11)12-8-21-10-22-9-12/h1-10H,(H,24,25). The molecule has 2 heterocycles. The fourth-order valence-corrected chi connectivity index (χ4v) is 2.10. The van der Waals surface area contributed by atoms with Crippen molar-refractivity contribution >= 4 is 11.6 Å². The van der Waals surface area contributed by atoms with Crippen LogP contribution in [0.15, 0.2) is 61.3 Å². The lowest BCUT2D eigenvalue weighted by molar-refractivity contribution is -0.274. The van der Waals surface area contributed by atoms with Crippen LogP contribution in [0.25, 0.3) is 11.3 Å². The van der Waals surface area contributed by atoms with E-state index in [1.54, 1.807) is 18.5 Å². The first kappa shape index (κ1) is 17.3. The Bertz CT molecular complexity index is 900. The zero-order chi connectivity index (χ0) is 18.6. The summed E-state index contributed by atoms with van der Waals surface area (Å²) >= 11 is 0. The van der Waals surface area contributed by atoms with Crippen molar-refractivity contribution in [2.45, 2.75) is 6.36 Å². The van der Waals surface area contributed by atoms with E-state index in [9.17, 15) is 18.0 Å². The second-order valence-corrected chi connectivity index (χ2v) is 5.08. The number of pyridine rings is 1. The molecule has 0 saturated carbocycles. The highest BCUT2D eigenvalue weighted by atomic mass is 19.4. The van der Waals surface area contributed by atoms with Crippen LogP contribution in [-0.4, -0.2) is 27.2 Å². The Kier molecular flexibility index (Phi) is 4.78. The van der Waals surface area contributed by atoms with Crippen LogP contribution in [0.2, 0.25) is 0 Å². The summed E-state index contributed by atoms with van der Waals surface area (Å²) in [4.78, 5) is 24.3. The maximum Gasteiger partial charge on any atom is 0.573 e. The molecule has 0 saturated heterocycles. The van der Waals surface area contributed by atoms with Crippen LogP contribution in [0, 0.1) is 0 Å². The summed E-state index contributed by atoms with van der Waals surface area (Å²) in [5.41, 5.74) is 1.82. The van der Waals surface area contributed by atoms with Crippen LogP contribution in [0.3, 0.4) is 0 Å². The number of aromatic nitrogens is 3. The number of nitrogens with one attached hydrogen (secondary N) is 1. The number of benzene rings is 1. The maximum atomic E-state index is 12.3. The molecule has 2 aromatic heterocycles. The first-order valence-corrected chi connectivity index (χ1v) is 7.29. The SMILES string of the molecule is O=C(Nc1ccc(OC(F)(F)F)cc1)c1ccnc(-c2cncnc2)c1. The molecule has 1 amide bonds. The topological polar surface area (TPSA) is 77.0 Å². The normalized spacial score (nSPS) is 11.0. The molecule has 132 valence electrons. The number of amides is 1. The number of hydrogen-bond donors (Lipinski definition) is 1. The predicted octanol–water partition coefficient (Wildman–Crippen LogP) is 3.69. The molecule has 6 nitrogen and oxygen atoms in total. The van der Waals surface area contributed by atoms with Gasteiger partial charge in [-0.05, 0) is 36.4 Å². The number of anilines is 1. The summed E-state index contributed by atoms with van der Waals surface area (Å²) in [6.45, 7) is 0. The van der Waals surface area contributed by atoms with E-state index in [0.717, 1.165) is 12.1 Å². The second-order valence-electron chi connectivity index (χ2n) is 5.08. The van der Waals surface area contributed by atoms with Gasteiger partial charge in [0, 0.05) is 35.4 Å². The average molecular weight is 360 g/mol. The number of carbonyl (C=O) groups is 1. The van der Waals surface area contributed by atoms with Crippen molar-refractivity contribution in [3.63, 3.8) is 0 Å². The van der Waals surface area contributed by atoms with E-state index < -0.39 is 12.3 Å². The first-order valence-electron chi connectivity index (χ1n) is 7.29. The Hall–Kier alpha value is -3.49. The molecular formula is C17H11F3N4O2. The molecular weight excluding hydrogens is 349 g/mol. The van der Waals surface area contributed by atoms with Crippen molar-refractivity contribution in [3.8, 4) is 17.0 Å². The van der Waals surface area contributed by atoms with Gasteiger partial charge in [-0.1, -0.05) is 0 Å². The molecule has 0 atom stereocenters. The second kappa shape index (κ2) is 7.18. The highest BCUT2D eigenvalue weighted by Gasteiger charge is 2.30. The minimum atomic E-state index is -4.76. The zero-order valence-electron chi connectivity index (χ0n) is 13.1. The predicted molar refractivity (Wildman–Crippen MR) is 86.3 cm³/mol. The van der Waals surface area contributed by atoms with Crippen LogP contribution in [0.4, 0.5) is 18.9 Å². The molecule has 26 heavy (non-hydrogen) atoms. The Morgan fingerprint density at radius 3 is 2.38 bits per heavy atom. The number of carbonyl (C=O) groups excluding carboxylic acids is 1. The van der Waals surface area contributed by atoms with E-state index in [-0.39, 0.29) is 5.75 Å². The smallest absolute Gasteiger partial charge is 0.406 e. The van der Waals surface area contributed by atoms with E-state index >= 15 is 0 Å². The number of ether oxygens (including phenoxy) is 1. The molecule has 3 rings (SSSR count). The lowest BCUT2D eigenvalue weighted by atomic mass is 10.1. The van der Waals surface area contributed by atoms with Gasteiger partial charge < -0.3 is 10.1 Å². The number of alkyl halides is 3. The molecule has 3 aromatic rings. The van der Waals surface area contributed by atoms with Crippen molar-refractivity contribution in [3.05, 3.63) is 66.9 Å². The largest absolute Gasteiger partial charge is 0.573 e. The molecule has 0 radical (unpaired) electrons. The van der Waals surface area contributed by atoms with E-state index in [4.69, 9.17) is 0 Å². The van der Waals surface area contributed by atoms with Crippen LogP contribution in [0.5, 0.6) is 5.75 Å². The Morgan fingerprint density at radius 1 is 1.04 bits per heavy atom. The molecule has 0 aliphatic carbocycles. The van der Waals surface area contributed by atoms with E-state index in [0.29, 0.717) is 22.5 Å². The van der Waals surface area contributed by atoms with Gasteiger partial charge in [0.05, 0.1) is 5.69 Å². The minimum Gasteiger partial charge on any atom is -0.406 e. The average Bonchev–Trinajstić information content (AvgIpc) is 2.63. The molecule has 0 aliphatic heterocycles. The zero-order valence-corrected chi connectivity index (χ0v) is 13.1. The maximum absolute atomic E-state index is 12.3. The van der Waals surface area contributed by atoms with Gasteiger partial charge in [-0.3, -0.25) is 9.78 Å². The molecule has 0 fully saturated rings. The van der Waals surface area contributed by atoms with Gasteiger partial charge in [0.25, 0.3) is 5.91 Å². The third-order valence-corrected chi connectivity index (χ3v) is 3.22. The molecule has 1 N–H and O–H groups in total. The lowest BCUT2D eigenvalue weighted by Gasteiger charge is -2.10. The van der Waals surface area contributed by atoms with Gasteiger partial charge in [-0.15, -0.1) is 13.2 Å². The third kappa shape index (κ3) is 4.53. The fraction of sp³-hybridized carbons (Fsp3) is 0.0588. The van der Waals surface area contributed by atoms with E-state index in [1.807, 2.05) is 0 Å². The van der Waals surface area contributed by atoms with Crippen molar-refractivity contribution in [2.24, 2.45) is 0 Å².